The van der Waals surface area contributed by atoms with Gasteiger partial charge in [-0.2, -0.15) is 0 Å². The molecule has 23 heavy (non-hydrogen) atoms. The summed E-state index contributed by atoms with van der Waals surface area (Å²) in [7, 11) is 1.62. The first-order valence-corrected chi connectivity index (χ1v) is 7.31. The van der Waals surface area contributed by atoms with Gasteiger partial charge >= 0.3 is 0 Å². The van der Waals surface area contributed by atoms with Crippen molar-refractivity contribution in [2.75, 3.05) is 12.4 Å². The highest BCUT2D eigenvalue weighted by molar-refractivity contribution is 5.91. The van der Waals surface area contributed by atoms with Gasteiger partial charge in [0.15, 0.2) is 5.65 Å². The Morgan fingerprint density at radius 3 is 2.61 bits per heavy atom. The highest BCUT2D eigenvalue weighted by Crippen LogP contribution is 2.24. The van der Waals surface area contributed by atoms with Crippen molar-refractivity contribution in [3.05, 3.63) is 60.0 Å². The number of rotatable bonds is 4. The second-order valence-electron chi connectivity index (χ2n) is 5.10. The van der Waals surface area contributed by atoms with E-state index in [0.717, 1.165) is 10.9 Å². The normalized spacial score (nSPS) is 11.9. The number of carbonyl (C=O) groups excluding carboxylic acids is 1. The fraction of sp³-hybridized carbons (Fsp3) is 0.176. The smallest absolute Gasteiger partial charge is 0.246 e. The van der Waals surface area contributed by atoms with E-state index in [1.807, 2.05) is 42.5 Å². The molecular formula is C17H17N5O. The predicted octanol–water partition coefficient (Wildman–Crippen LogP) is 2.23. The maximum atomic E-state index is 12.3. The number of fused-ring (bicyclic) bond motifs is 1. The number of amides is 1. The molecule has 2 heterocycles. The van der Waals surface area contributed by atoms with Crippen LogP contribution in [0.3, 0.4) is 0 Å². The predicted molar refractivity (Wildman–Crippen MR) is 88.9 cm³/mol. The first kappa shape index (κ1) is 14.9. The van der Waals surface area contributed by atoms with Crippen LogP contribution in [-0.4, -0.2) is 27.9 Å². The van der Waals surface area contributed by atoms with Crippen LogP contribution in [0.25, 0.3) is 11.0 Å². The zero-order valence-corrected chi connectivity index (χ0v) is 12.9. The van der Waals surface area contributed by atoms with Gasteiger partial charge in [-0.05, 0) is 24.6 Å². The van der Waals surface area contributed by atoms with Gasteiger partial charge in [-0.1, -0.05) is 30.3 Å². The number of pyridine rings is 1. The average Bonchev–Trinajstić information content (AvgIpc) is 2.59. The van der Waals surface area contributed by atoms with E-state index in [1.165, 1.54) is 0 Å². The molecule has 0 saturated carbocycles. The Morgan fingerprint density at radius 2 is 1.87 bits per heavy atom. The van der Waals surface area contributed by atoms with Gasteiger partial charge in [0, 0.05) is 13.2 Å². The maximum absolute atomic E-state index is 12.3. The lowest BCUT2D eigenvalue weighted by atomic mass is 10.1. The number of benzene rings is 1. The third-order valence-electron chi connectivity index (χ3n) is 3.51. The van der Waals surface area contributed by atoms with E-state index >= 15 is 0 Å². The number of hydrogen-bond acceptors (Lipinski definition) is 5. The zero-order chi connectivity index (χ0) is 16.2. The Kier molecular flexibility index (Phi) is 4.14. The quantitative estimate of drug-likeness (QED) is 0.772. The van der Waals surface area contributed by atoms with E-state index < -0.39 is 6.04 Å². The number of nitrogens with zero attached hydrogens (tertiary/aromatic N) is 3. The van der Waals surface area contributed by atoms with Gasteiger partial charge in [0.25, 0.3) is 0 Å². The van der Waals surface area contributed by atoms with E-state index in [0.29, 0.717) is 17.3 Å². The summed E-state index contributed by atoms with van der Waals surface area (Å²) in [5, 5.41) is 6.69. The third-order valence-corrected chi connectivity index (χ3v) is 3.51. The van der Waals surface area contributed by atoms with Gasteiger partial charge in [-0.25, -0.2) is 15.0 Å². The first-order chi connectivity index (χ1) is 11.2. The van der Waals surface area contributed by atoms with Gasteiger partial charge in [-0.15, -0.1) is 0 Å². The molecule has 0 aliphatic rings. The van der Waals surface area contributed by atoms with Crippen LogP contribution in [-0.2, 0) is 4.79 Å². The molecule has 2 N–H and O–H groups in total. The highest BCUT2D eigenvalue weighted by Gasteiger charge is 2.21. The molecule has 116 valence electrons. The van der Waals surface area contributed by atoms with Crippen LogP contribution < -0.4 is 10.6 Å². The summed E-state index contributed by atoms with van der Waals surface area (Å²) in [6.07, 6.45) is 1.69. The molecule has 0 fully saturated rings. The summed E-state index contributed by atoms with van der Waals surface area (Å²) >= 11 is 0. The standard InChI is InChI=1S/C17H17N5O/c1-11-20-15-13(9-6-10-19-15)16(21-11)22-14(17(23)18-2)12-7-4-3-5-8-12/h3-10,14H,1-2H3,(H,18,23)(H,19,20,21,22). The number of nitrogens with one attached hydrogen (secondary N) is 2. The van der Waals surface area contributed by atoms with Crippen molar-refractivity contribution in [3.63, 3.8) is 0 Å². The highest BCUT2D eigenvalue weighted by atomic mass is 16.2. The molecule has 3 aromatic rings. The number of carbonyl (C=O) groups is 1. The molecule has 0 aliphatic heterocycles. The summed E-state index contributed by atoms with van der Waals surface area (Å²) in [4.78, 5) is 25.3. The van der Waals surface area contributed by atoms with Crippen molar-refractivity contribution in [1.82, 2.24) is 20.3 Å². The molecule has 1 atom stereocenters. The second kappa shape index (κ2) is 6.39. The fourth-order valence-electron chi connectivity index (χ4n) is 2.41. The van der Waals surface area contributed by atoms with Gasteiger partial charge in [0.05, 0.1) is 5.39 Å². The van der Waals surface area contributed by atoms with Crippen LogP contribution in [0, 0.1) is 6.92 Å². The molecule has 6 heteroatoms. The van der Waals surface area contributed by atoms with E-state index in [1.54, 1.807) is 20.2 Å². The zero-order valence-electron chi connectivity index (χ0n) is 12.9. The minimum absolute atomic E-state index is 0.135. The first-order valence-electron chi connectivity index (χ1n) is 7.31. The van der Waals surface area contributed by atoms with Crippen LogP contribution in [0.1, 0.15) is 17.4 Å². The summed E-state index contributed by atoms with van der Waals surface area (Å²) in [6, 6.07) is 12.7. The molecule has 2 aromatic heterocycles. The van der Waals surface area contributed by atoms with Gasteiger partial charge < -0.3 is 10.6 Å². The van der Waals surface area contributed by atoms with Gasteiger partial charge in [0.2, 0.25) is 5.91 Å². The van der Waals surface area contributed by atoms with Crippen LogP contribution in [0.5, 0.6) is 0 Å². The van der Waals surface area contributed by atoms with E-state index in [9.17, 15) is 4.79 Å². The summed E-state index contributed by atoms with van der Waals surface area (Å²) < 4.78 is 0. The Bertz CT molecular complexity index is 835. The topological polar surface area (TPSA) is 79.8 Å². The van der Waals surface area contributed by atoms with Crippen molar-refractivity contribution in [2.24, 2.45) is 0 Å². The monoisotopic (exact) mass is 307 g/mol. The summed E-state index contributed by atoms with van der Waals surface area (Å²) in [5.74, 6) is 1.06. The SMILES string of the molecule is CNC(=O)C(Nc1nc(C)nc2ncccc12)c1ccccc1. The Hall–Kier alpha value is -3.02. The molecule has 6 nitrogen and oxygen atoms in total. The fourth-order valence-corrected chi connectivity index (χ4v) is 2.41. The number of aryl methyl sites for hydroxylation is 1. The minimum Gasteiger partial charge on any atom is -0.357 e. The molecule has 0 spiro atoms. The summed E-state index contributed by atoms with van der Waals surface area (Å²) in [5.41, 5.74) is 1.46. The molecule has 0 radical (unpaired) electrons. The van der Waals surface area contributed by atoms with Crippen LogP contribution in [0.2, 0.25) is 0 Å². The average molecular weight is 307 g/mol. The maximum Gasteiger partial charge on any atom is 0.246 e. The molecule has 1 amide bonds. The van der Waals surface area contributed by atoms with E-state index in [2.05, 4.69) is 25.6 Å². The Labute approximate surface area is 134 Å². The number of aromatic nitrogens is 3. The minimum atomic E-state index is -0.543. The Balaban J connectivity index is 2.05. The van der Waals surface area contributed by atoms with E-state index in [4.69, 9.17) is 0 Å². The number of likely N-dealkylation sites (N-methyl/N-ethyl adjacent to an activating group) is 1. The van der Waals surface area contributed by atoms with Crippen molar-refractivity contribution >= 4 is 22.8 Å². The molecule has 0 aliphatic carbocycles. The Morgan fingerprint density at radius 1 is 1.09 bits per heavy atom. The molecule has 1 aromatic carbocycles. The van der Waals surface area contributed by atoms with Gasteiger partial charge in [-0.3, -0.25) is 4.79 Å². The van der Waals surface area contributed by atoms with Crippen LogP contribution >= 0.6 is 0 Å². The van der Waals surface area contributed by atoms with Gasteiger partial charge in [0.1, 0.15) is 17.7 Å². The van der Waals surface area contributed by atoms with Crippen molar-refractivity contribution in [2.45, 2.75) is 13.0 Å². The lowest BCUT2D eigenvalue weighted by Crippen LogP contribution is -2.31. The second-order valence-corrected chi connectivity index (χ2v) is 5.10. The summed E-state index contributed by atoms with van der Waals surface area (Å²) in [6.45, 7) is 1.80. The molecule has 0 saturated heterocycles. The van der Waals surface area contributed by atoms with Crippen molar-refractivity contribution in [3.8, 4) is 0 Å². The molecular weight excluding hydrogens is 290 g/mol. The van der Waals surface area contributed by atoms with Crippen LogP contribution in [0.15, 0.2) is 48.7 Å². The molecule has 0 bridgehead atoms. The largest absolute Gasteiger partial charge is 0.357 e. The molecule has 3 rings (SSSR count). The van der Waals surface area contributed by atoms with Crippen molar-refractivity contribution in [1.29, 1.82) is 0 Å². The van der Waals surface area contributed by atoms with Crippen LogP contribution in [0.4, 0.5) is 5.82 Å². The van der Waals surface area contributed by atoms with Crippen molar-refractivity contribution < 1.29 is 4.79 Å². The molecule has 1 unspecified atom stereocenters. The third kappa shape index (κ3) is 3.11. The van der Waals surface area contributed by atoms with E-state index in [-0.39, 0.29) is 5.91 Å². The lowest BCUT2D eigenvalue weighted by Gasteiger charge is -2.19. The lowest BCUT2D eigenvalue weighted by molar-refractivity contribution is -0.121. The number of anilines is 1. The number of hydrogen-bond donors (Lipinski definition) is 2.